The van der Waals surface area contributed by atoms with Gasteiger partial charge in [-0.25, -0.2) is 4.39 Å². The Balaban J connectivity index is 1.66. The zero-order chi connectivity index (χ0) is 24.0. The molecule has 0 aliphatic rings. The molecule has 33 heavy (non-hydrogen) atoms. The van der Waals surface area contributed by atoms with Crippen molar-refractivity contribution in [3.63, 3.8) is 0 Å². The fraction of sp³-hybridized carbons (Fsp3) is 0.182. The van der Waals surface area contributed by atoms with Crippen LogP contribution in [-0.2, 0) is 11.3 Å². The van der Waals surface area contributed by atoms with Crippen molar-refractivity contribution < 1.29 is 14.0 Å². The minimum atomic E-state index is -0.537. The number of allylic oxidation sites excluding steroid dienone is 1. The molecule has 0 aliphatic heterocycles. The maximum atomic E-state index is 13.9. The third-order valence-corrected chi connectivity index (χ3v) is 6.15. The largest absolute Gasteiger partial charge is 0.342 e. The van der Waals surface area contributed by atoms with E-state index in [2.05, 4.69) is 43.3 Å². The molecule has 0 unspecified atom stereocenters. The second-order valence-electron chi connectivity index (χ2n) is 6.90. The number of nitrogens with one attached hydrogen (secondary N) is 2. The van der Waals surface area contributed by atoms with E-state index in [1.807, 2.05) is 0 Å². The van der Waals surface area contributed by atoms with Crippen molar-refractivity contribution in [1.82, 2.24) is 20.1 Å². The van der Waals surface area contributed by atoms with E-state index in [9.17, 15) is 14.0 Å². The Hall–Kier alpha value is -2.69. The van der Waals surface area contributed by atoms with E-state index >= 15 is 0 Å². The highest BCUT2D eigenvalue weighted by atomic mass is 79.9. The standard InChI is InChI=1S/C22H20BrClFN5O2S/c1-3-10-30-20(13(2)26-21(32)14-4-7-16(24)8-5-14)28-29-22(30)33-12-19(31)27-18-9-6-15(23)11-17(18)25/h3-9,11,13H,1,10,12H2,2H3,(H,26,32)(H,27,31)/t13-/m0/s1. The minimum Gasteiger partial charge on any atom is -0.342 e. The normalized spacial score (nSPS) is 11.6. The molecule has 172 valence electrons. The number of amides is 2. The number of nitrogens with zero attached hydrogens (tertiary/aromatic N) is 3. The number of carbonyl (C=O) groups is 2. The lowest BCUT2D eigenvalue weighted by atomic mass is 10.2. The lowest BCUT2D eigenvalue weighted by molar-refractivity contribution is -0.113. The van der Waals surface area contributed by atoms with Crippen molar-refractivity contribution in [2.75, 3.05) is 11.1 Å². The van der Waals surface area contributed by atoms with Crippen LogP contribution in [0.1, 0.15) is 29.1 Å². The van der Waals surface area contributed by atoms with Gasteiger partial charge in [-0.3, -0.25) is 9.59 Å². The summed E-state index contributed by atoms with van der Waals surface area (Å²) in [4.78, 5) is 24.8. The molecule has 0 saturated heterocycles. The molecule has 2 amide bonds. The average Bonchev–Trinajstić information content (AvgIpc) is 3.17. The van der Waals surface area contributed by atoms with Gasteiger partial charge in [-0.2, -0.15) is 0 Å². The average molecular weight is 553 g/mol. The minimum absolute atomic E-state index is 0.00368. The van der Waals surface area contributed by atoms with E-state index < -0.39 is 11.9 Å². The summed E-state index contributed by atoms with van der Waals surface area (Å²) in [5.74, 6) is -0.697. The number of rotatable bonds is 9. The maximum absolute atomic E-state index is 13.9. The molecule has 0 spiro atoms. The van der Waals surface area contributed by atoms with Crippen molar-refractivity contribution in [1.29, 1.82) is 0 Å². The van der Waals surface area contributed by atoms with Gasteiger partial charge in [0.1, 0.15) is 5.82 Å². The Bertz CT molecular complexity index is 1170. The Kier molecular flexibility index (Phi) is 8.65. The van der Waals surface area contributed by atoms with Crippen molar-refractivity contribution in [2.24, 2.45) is 0 Å². The van der Waals surface area contributed by atoms with Crippen LogP contribution >= 0.6 is 39.3 Å². The van der Waals surface area contributed by atoms with Crippen molar-refractivity contribution in [2.45, 2.75) is 24.7 Å². The van der Waals surface area contributed by atoms with Gasteiger partial charge in [0, 0.05) is 21.6 Å². The molecule has 3 rings (SSSR count). The number of thioether (sulfide) groups is 1. The summed E-state index contributed by atoms with van der Waals surface area (Å²) in [6, 6.07) is 10.5. The molecule has 11 heteroatoms. The van der Waals surface area contributed by atoms with Gasteiger partial charge in [-0.1, -0.05) is 45.4 Å². The molecular formula is C22H20BrClFN5O2S. The van der Waals surface area contributed by atoms with Crippen LogP contribution in [0.15, 0.2) is 64.7 Å². The molecule has 0 bridgehead atoms. The highest BCUT2D eigenvalue weighted by molar-refractivity contribution is 9.10. The fourth-order valence-electron chi connectivity index (χ4n) is 2.88. The highest BCUT2D eigenvalue weighted by Gasteiger charge is 2.20. The Morgan fingerprint density at radius 2 is 2.00 bits per heavy atom. The summed E-state index contributed by atoms with van der Waals surface area (Å²) in [6.07, 6.45) is 1.67. The smallest absolute Gasteiger partial charge is 0.251 e. The van der Waals surface area contributed by atoms with Gasteiger partial charge in [-0.05, 0) is 49.4 Å². The summed E-state index contributed by atoms with van der Waals surface area (Å²) >= 11 is 10.2. The first-order valence-corrected chi connectivity index (χ1v) is 11.9. The highest BCUT2D eigenvalue weighted by Crippen LogP contribution is 2.23. The molecule has 0 radical (unpaired) electrons. The molecule has 2 aromatic carbocycles. The first kappa shape index (κ1) is 24.9. The monoisotopic (exact) mass is 551 g/mol. The molecule has 1 aromatic heterocycles. The summed E-state index contributed by atoms with van der Waals surface area (Å²) in [5.41, 5.74) is 0.558. The van der Waals surface area contributed by atoms with Crippen LogP contribution in [0.4, 0.5) is 10.1 Å². The van der Waals surface area contributed by atoms with Crippen LogP contribution < -0.4 is 10.6 Å². The van der Waals surface area contributed by atoms with Crippen LogP contribution in [0.25, 0.3) is 0 Å². The molecular weight excluding hydrogens is 533 g/mol. The van der Waals surface area contributed by atoms with Gasteiger partial charge in [-0.15, -0.1) is 16.8 Å². The van der Waals surface area contributed by atoms with Gasteiger partial charge < -0.3 is 15.2 Å². The number of aromatic nitrogens is 3. The van der Waals surface area contributed by atoms with Gasteiger partial charge >= 0.3 is 0 Å². The third kappa shape index (κ3) is 6.66. The molecule has 0 fully saturated rings. The summed E-state index contributed by atoms with van der Waals surface area (Å²) in [6.45, 7) is 5.92. The maximum Gasteiger partial charge on any atom is 0.251 e. The Labute approximate surface area is 207 Å². The van der Waals surface area contributed by atoms with Gasteiger partial charge in [0.25, 0.3) is 5.91 Å². The third-order valence-electron chi connectivity index (χ3n) is 4.44. The predicted molar refractivity (Wildman–Crippen MR) is 131 cm³/mol. The zero-order valence-corrected chi connectivity index (χ0v) is 20.7. The lowest BCUT2D eigenvalue weighted by Crippen LogP contribution is -2.28. The Morgan fingerprint density at radius 3 is 2.67 bits per heavy atom. The van der Waals surface area contributed by atoms with Crippen molar-refractivity contribution >= 4 is 56.8 Å². The van der Waals surface area contributed by atoms with Crippen LogP contribution in [0.5, 0.6) is 0 Å². The fourth-order valence-corrected chi connectivity index (χ4v) is 4.09. The van der Waals surface area contributed by atoms with Gasteiger partial charge in [0.2, 0.25) is 5.91 Å². The quantitative estimate of drug-likeness (QED) is 0.280. The van der Waals surface area contributed by atoms with E-state index in [1.165, 1.54) is 12.1 Å². The number of hydrogen-bond acceptors (Lipinski definition) is 5. The Morgan fingerprint density at radius 1 is 1.27 bits per heavy atom. The first-order valence-electron chi connectivity index (χ1n) is 9.76. The topological polar surface area (TPSA) is 88.9 Å². The molecule has 0 saturated carbocycles. The van der Waals surface area contributed by atoms with Crippen LogP contribution in [0.3, 0.4) is 0 Å². The van der Waals surface area contributed by atoms with E-state index in [0.717, 1.165) is 11.8 Å². The van der Waals surface area contributed by atoms with E-state index in [-0.39, 0.29) is 23.3 Å². The summed E-state index contributed by atoms with van der Waals surface area (Å²) in [7, 11) is 0. The van der Waals surface area contributed by atoms with Gasteiger partial charge in [0.05, 0.1) is 17.5 Å². The molecule has 2 N–H and O–H groups in total. The molecule has 1 atom stereocenters. The van der Waals surface area contributed by atoms with Gasteiger partial charge in [0.15, 0.2) is 11.0 Å². The number of benzene rings is 2. The number of halogens is 3. The molecule has 0 aliphatic carbocycles. The second-order valence-corrected chi connectivity index (χ2v) is 9.20. The van der Waals surface area contributed by atoms with E-state index in [1.54, 1.807) is 47.9 Å². The van der Waals surface area contributed by atoms with E-state index in [0.29, 0.717) is 32.6 Å². The molecule has 1 heterocycles. The predicted octanol–water partition coefficient (Wildman–Crippen LogP) is 5.24. The number of anilines is 1. The summed E-state index contributed by atoms with van der Waals surface area (Å²) < 4.78 is 16.3. The SMILES string of the molecule is C=CCn1c(SCC(=O)Nc2ccc(Br)cc2F)nnc1[C@H](C)NC(=O)c1ccc(Cl)cc1. The second kappa shape index (κ2) is 11.4. The van der Waals surface area contributed by atoms with Crippen LogP contribution in [-0.4, -0.2) is 32.3 Å². The number of hydrogen-bond donors (Lipinski definition) is 2. The van der Waals surface area contributed by atoms with Crippen molar-refractivity contribution in [3.05, 3.63) is 81.8 Å². The molecule has 3 aromatic rings. The zero-order valence-electron chi connectivity index (χ0n) is 17.5. The number of carbonyl (C=O) groups excluding carboxylic acids is 2. The van der Waals surface area contributed by atoms with E-state index in [4.69, 9.17) is 11.6 Å². The lowest BCUT2D eigenvalue weighted by Gasteiger charge is -2.15. The van der Waals surface area contributed by atoms with Crippen LogP contribution in [0, 0.1) is 5.82 Å². The molecule has 7 nitrogen and oxygen atoms in total. The summed E-state index contributed by atoms with van der Waals surface area (Å²) in [5, 5.41) is 14.8. The first-order chi connectivity index (χ1) is 15.8. The van der Waals surface area contributed by atoms with Crippen molar-refractivity contribution in [3.8, 4) is 0 Å². The van der Waals surface area contributed by atoms with Crippen LogP contribution in [0.2, 0.25) is 5.02 Å².